The smallest absolute Gasteiger partial charge is 0.329 e. The van der Waals surface area contributed by atoms with Crippen LogP contribution in [0.1, 0.15) is 62.7 Å². The van der Waals surface area contributed by atoms with Crippen LogP contribution in [0.15, 0.2) is 24.3 Å². The molecule has 0 atom stereocenters. The minimum atomic E-state index is -1.20. The quantitative estimate of drug-likeness (QED) is 0.737. The predicted octanol–water partition coefficient (Wildman–Crippen LogP) is 3.19. The highest BCUT2D eigenvalue weighted by Crippen LogP contribution is 2.34. The Morgan fingerprint density at radius 3 is 2.44 bits per heavy atom. The van der Waals surface area contributed by atoms with E-state index in [2.05, 4.69) is 17.6 Å². The van der Waals surface area contributed by atoms with Crippen LogP contribution in [0.4, 0.5) is 5.69 Å². The molecular formula is C19H26N2O4. The summed E-state index contributed by atoms with van der Waals surface area (Å²) in [5.41, 5.74) is -0.337. The van der Waals surface area contributed by atoms with Gasteiger partial charge in [0.25, 0.3) is 5.91 Å². The number of carbonyl (C=O) groups excluding carboxylic acids is 2. The first kappa shape index (κ1) is 19.0. The number of carboxylic acid groups (broad SMARTS) is 1. The van der Waals surface area contributed by atoms with Crippen LogP contribution in [0.25, 0.3) is 0 Å². The zero-order valence-corrected chi connectivity index (χ0v) is 14.8. The van der Waals surface area contributed by atoms with Gasteiger partial charge in [0.05, 0.1) is 0 Å². The van der Waals surface area contributed by atoms with Crippen molar-refractivity contribution in [3.05, 3.63) is 29.8 Å². The second kappa shape index (κ2) is 8.14. The number of hydrogen-bond acceptors (Lipinski definition) is 3. The van der Waals surface area contributed by atoms with Gasteiger partial charge in [-0.25, -0.2) is 4.79 Å². The molecule has 0 aliphatic heterocycles. The number of nitrogens with one attached hydrogen (secondary N) is 2. The van der Waals surface area contributed by atoms with E-state index in [1.807, 2.05) is 0 Å². The van der Waals surface area contributed by atoms with Crippen molar-refractivity contribution < 1.29 is 19.5 Å². The number of amides is 2. The van der Waals surface area contributed by atoms with E-state index in [-0.39, 0.29) is 5.91 Å². The molecular weight excluding hydrogens is 320 g/mol. The lowest BCUT2D eigenvalue weighted by Crippen LogP contribution is -2.56. The predicted molar refractivity (Wildman–Crippen MR) is 95.4 cm³/mol. The van der Waals surface area contributed by atoms with Crippen LogP contribution in [0.3, 0.4) is 0 Å². The average molecular weight is 346 g/mol. The molecule has 1 aromatic rings. The summed E-state index contributed by atoms with van der Waals surface area (Å²) in [4.78, 5) is 35.9. The van der Waals surface area contributed by atoms with Crippen LogP contribution in [-0.2, 0) is 9.59 Å². The van der Waals surface area contributed by atoms with E-state index in [1.54, 1.807) is 31.2 Å². The Hall–Kier alpha value is -2.37. The van der Waals surface area contributed by atoms with Gasteiger partial charge in [0.1, 0.15) is 5.54 Å². The fourth-order valence-electron chi connectivity index (χ4n) is 3.25. The molecule has 0 spiro atoms. The minimum Gasteiger partial charge on any atom is -0.480 e. The molecule has 3 N–H and O–H groups in total. The van der Waals surface area contributed by atoms with Crippen molar-refractivity contribution >= 4 is 23.5 Å². The summed E-state index contributed by atoms with van der Waals surface area (Å²) < 4.78 is 0. The summed E-state index contributed by atoms with van der Waals surface area (Å²) in [6.07, 6.45) is 3.86. The van der Waals surface area contributed by atoms with Gasteiger partial charge in [-0.2, -0.15) is 0 Å². The Balaban J connectivity index is 2.13. The third kappa shape index (κ3) is 4.59. The number of hydrogen-bond donors (Lipinski definition) is 3. The molecule has 0 bridgehead atoms. The summed E-state index contributed by atoms with van der Waals surface area (Å²) in [6, 6.07) is 6.55. The van der Waals surface area contributed by atoms with E-state index in [1.165, 1.54) is 0 Å². The zero-order chi connectivity index (χ0) is 18.4. The second-order valence-electron chi connectivity index (χ2n) is 6.68. The van der Waals surface area contributed by atoms with Crippen molar-refractivity contribution in [3.8, 4) is 0 Å². The average Bonchev–Trinajstić information content (AvgIpc) is 2.62. The molecule has 1 aliphatic rings. The maximum Gasteiger partial charge on any atom is 0.329 e. The Morgan fingerprint density at radius 1 is 1.20 bits per heavy atom. The van der Waals surface area contributed by atoms with Crippen LogP contribution in [0.2, 0.25) is 0 Å². The van der Waals surface area contributed by atoms with Crippen molar-refractivity contribution in [2.45, 2.75) is 57.9 Å². The molecule has 2 rings (SSSR count). The Bertz CT molecular complexity index is 649. The highest BCUT2D eigenvalue weighted by Gasteiger charge is 2.43. The molecule has 0 heterocycles. The van der Waals surface area contributed by atoms with Crippen LogP contribution >= 0.6 is 0 Å². The third-order valence-corrected chi connectivity index (χ3v) is 5.03. The van der Waals surface area contributed by atoms with Gasteiger partial charge in [0.15, 0.2) is 0 Å². The molecule has 0 aromatic heterocycles. The molecule has 0 unspecified atom stereocenters. The number of anilines is 1. The van der Waals surface area contributed by atoms with Crippen LogP contribution in [0, 0.1) is 5.92 Å². The number of benzene rings is 1. The summed E-state index contributed by atoms with van der Waals surface area (Å²) >= 11 is 0. The summed E-state index contributed by atoms with van der Waals surface area (Å²) in [5.74, 6) is -1.02. The van der Waals surface area contributed by atoms with Crippen molar-refractivity contribution in [2.24, 2.45) is 5.92 Å². The summed E-state index contributed by atoms with van der Waals surface area (Å²) in [7, 11) is 0. The fourth-order valence-corrected chi connectivity index (χ4v) is 3.25. The van der Waals surface area contributed by atoms with Crippen LogP contribution in [0.5, 0.6) is 0 Å². The van der Waals surface area contributed by atoms with E-state index in [0.29, 0.717) is 36.4 Å². The van der Waals surface area contributed by atoms with Crippen molar-refractivity contribution in [2.75, 3.05) is 5.32 Å². The van der Waals surface area contributed by atoms with Crippen LogP contribution < -0.4 is 10.6 Å². The molecule has 1 aromatic carbocycles. The van der Waals surface area contributed by atoms with Crippen molar-refractivity contribution in [1.29, 1.82) is 0 Å². The standard InChI is InChI=1S/C19H26N2O4/c1-3-13-8-10-19(11-9-13,18(24)25)21-17(23)14-6-5-7-15(12-14)20-16(22)4-2/h5-7,12-13H,3-4,8-11H2,1-2H3,(H,20,22)(H,21,23)(H,24,25). The molecule has 1 saturated carbocycles. The lowest BCUT2D eigenvalue weighted by atomic mass is 9.75. The molecule has 6 heteroatoms. The van der Waals surface area contributed by atoms with Gasteiger partial charge in [0, 0.05) is 17.7 Å². The zero-order valence-electron chi connectivity index (χ0n) is 14.8. The van der Waals surface area contributed by atoms with Crippen molar-refractivity contribution in [3.63, 3.8) is 0 Å². The molecule has 25 heavy (non-hydrogen) atoms. The molecule has 1 aliphatic carbocycles. The van der Waals surface area contributed by atoms with E-state index >= 15 is 0 Å². The normalized spacial score (nSPS) is 22.9. The molecule has 136 valence electrons. The Kier molecular flexibility index (Phi) is 6.17. The monoisotopic (exact) mass is 346 g/mol. The first-order valence-electron chi connectivity index (χ1n) is 8.86. The Morgan fingerprint density at radius 2 is 1.88 bits per heavy atom. The lowest BCUT2D eigenvalue weighted by Gasteiger charge is -2.37. The van der Waals surface area contributed by atoms with Crippen molar-refractivity contribution in [1.82, 2.24) is 5.32 Å². The fraction of sp³-hybridized carbons (Fsp3) is 0.526. The highest BCUT2D eigenvalue weighted by atomic mass is 16.4. The van der Waals surface area contributed by atoms with E-state index in [4.69, 9.17) is 0 Å². The lowest BCUT2D eigenvalue weighted by molar-refractivity contribution is -0.146. The SMILES string of the molecule is CCC(=O)Nc1cccc(C(=O)NC2(C(=O)O)CCC(CC)CC2)c1. The van der Waals surface area contributed by atoms with E-state index in [0.717, 1.165) is 19.3 Å². The van der Waals surface area contributed by atoms with Gasteiger partial charge in [-0.15, -0.1) is 0 Å². The molecule has 6 nitrogen and oxygen atoms in total. The summed E-state index contributed by atoms with van der Waals surface area (Å²) in [6.45, 7) is 3.85. The second-order valence-corrected chi connectivity index (χ2v) is 6.68. The largest absolute Gasteiger partial charge is 0.480 e. The summed E-state index contributed by atoms with van der Waals surface area (Å²) in [5, 5.41) is 15.1. The first-order chi connectivity index (χ1) is 11.9. The highest BCUT2D eigenvalue weighted by molar-refractivity contribution is 5.99. The van der Waals surface area contributed by atoms with Gasteiger partial charge in [-0.3, -0.25) is 9.59 Å². The van der Waals surface area contributed by atoms with Gasteiger partial charge in [-0.1, -0.05) is 26.3 Å². The number of carboxylic acids is 1. The molecule has 0 saturated heterocycles. The van der Waals surface area contributed by atoms with Gasteiger partial charge in [0.2, 0.25) is 5.91 Å². The van der Waals surface area contributed by atoms with Gasteiger partial charge < -0.3 is 15.7 Å². The first-order valence-corrected chi connectivity index (χ1v) is 8.86. The number of carbonyl (C=O) groups is 3. The van der Waals surface area contributed by atoms with E-state index < -0.39 is 17.4 Å². The molecule has 1 fully saturated rings. The van der Waals surface area contributed by atoms with Crippen LogP contribution in [-0.4, -0.2) is 28.4 Å². The number of aliphatic carboxylic acids is 1. The molecule has 2 amide bonds. The molecule has 0 radical (unpaired) electrons. The number of rotatable bonds is 6. The maximum absolute atomic E-state index is 12.6. The van der Waals surface area contributed by atoms with Gasteiger partial charge >= 0.3 is 5.97 Å². The Labute approximate surface area is 148 Å². The third-order valence-electron chi connectivity index (χ3n) is 5.03. The van der Waals surface area contributed by atoms with E-state index in [9.17, 15) is 19.5 Å². The minimum absolute atomic E-state index is 0.141. The van der Waals surface area contributed by atoms with Gasteiger partial charge in [-0.05, 0) is 49.8 Å². The maximum atomic E-state index is 12.6. The topological polar surface area (TPSA) is 95.5 Å².